The zero-order chi connectivity index (χ0) is 16.9. The predicted molar refractivity (Wildman–Crippen MR) is 72.0 cm³/mol. The van der Waals surface area contributed by atoms with Crippen molar-refractivity contribution in [1.82, 2.24) is 10.0 Å². The highest BCUT2D eigenvalue weighted by Crippen LogP contribution is 2.20. The zero-order valence-electron chi connectivity index (χ0n) is 11.4. The second kappa shape index (κ2) is 7.22. The van der Waals surface area contributed by atoms with Crippen LogP contribution in [0.15, 0.2) is 23.1 Å². The van der Waals surface area contributed by atoms with E-state index in [9.17, 15) is 32.1 Å². The maximum absolute atomic E-state index is 12.0. The monoisotopic (exact) mass is 337 g/mol. The standard InChI is InChI=1S/C11H13F2N3O5S/c1-7-4-8(16(18)19)2-3-9(7)22(20,21)15-6-11(17)14-5-10(12)13/h2-4,10,15H,5-6H2,1H3,(H,14,17). The number of sulfonamides is 1. The fourth-order valence-corrected chi connectivity index (χ4v) is 2.75. The van der Waals surface area contributed by atoms with Gasteiger partial charge in [0.2, 0.25) is 15.9 Å². The summed E-state index contributed by atoms with van der Waals surface area (Å²) in [5.41, 5.74) is -0.152. The number of halogens is 2. The lowest BCUT2D eigenvalue weighted by Gasteiger charge is -2.09. The van der Waals surface area contributed by atoms with Gasteiger partial charge in [-0.15, -0.1) is 0 Å². The number of alkyl halides is 2. The molecule has 0 radical (unpaired) electrons. The van der Waals surface area contributed by atoms with E-state index in [0.29, 0.717) is 0 Å². The van der Waals surface area contributed by atoms with Crippen molar-refractivity contribution in [3.63, 3.8) is 0 Å². The van der Waals surface area contributed by atoms with Gasteiger partial charge in [0, 0.05) is 12.1 Å². The van der Waals surface area contributed by atoms with Gasteiger partial charge in [-0.3, -0.25) is 14.9 Å². The van der Waals surface area contributed by atoms with Gasteiger partial charge in [-0.2, -0.15) is 0 Å². The second-order valence-corrected chi connectivity index (χ2v) is 5.96. The van der Waals surface area contributed by atoms with Crippen LogP contribution in [-0.4, -0.2) is 38.8 Å². The Morgan fingerprint density at radius 1 is 1.41 bits per heavy atom. The fraction of sp³-hybridized carbons (Fsp3) is 0.364. The van der Waals surface area contributed by atoms with Crippen LogP contribution in [0.1, 0.15) is 5.56 Å². The Morgan fingerprint density at radius 2 is 2.05 bits per heavy atom. The van der Waals surface area contributed by atoms with Gasteiger partial charge in [-0.25, -0.2) is 21.9 Å². The smallest absolute Gasteiger partial charge is 0.269 e. The average Bonchev–Trinajstić information content (AvgIpc) is 2.42. The number of carbonyl (C=O) groups is 1. The summed E-state index contributed by atoms with van der Waals surface area (Å²) in [6, 6.07) is 3.12. The van der Waals surface area contributed by atoms with Gasteiger partial charge in [0.1, 0.15) is 0 Å². The number of aryl methyl sites for hydroxylation is 1. The molecular formula is C11H13F2N3O5S. The largest absolute Gasteiger partial charge is 0.349 e. The minimum Gasteiger partial charge on any atom is -0.349 e. The summed E-state index contributed by atoms with van der Waals surface area (Å²) in [5, 5.41) is 12.4. The third-order valence-corrected chi connectivity index (χ3v) is 4.10. The molecule has 0 spiro atoms. The average molecular weight is 337 g/mol. The molecule has 8 nitrogen and oxygen atoms in total. The SMILES string of the molecule is Cc1cc([N+](=O)[O-])ccc1S(=O)(=O)NCC(=O)NCC(F)F. The molecule has 0 atom stereocenters. The number of nitrogens with zero attached hydrogens (tertiary/aromatic N) is 1. The molecule has 0 saturated carbocycles. The molecular weight excluding hydrogens is 324 g/mol. The lowest BCUT2D eigenvalue weighted by atomic mass is 10.2. The van der Waals surface area contributed by atoms with E-state index in [4.69, 9.17) is 0 Å². The van der Waals surface area contributed by atoms with Crippen LogP contribution in [-0.2, 0) is 14.8 Å². The van der Waals surface area contributed by atoms with Crippen molar-refractivity contribution in [3.05, 3.63) is 33.9 Å². The molecule has 0 heterocycles. The first kappa shape index (κ1) is 17.9. The molecule has 0 aliphatic heterocycles. The Balaban J connectivity index is 2.79. The fourth-order valence-electron chi connectivity index (χ4n) is 1.54. The third-order valence-electron chi connectivity index (χ3n) is 2.54. The van der Waals surface area contributed by atoms with Gasteiger partial charge >= 0.3 is 0 Å². The van der Waals surface area contributed by atoms with E-state index in [1.807, 2.05) is 10.0 Å². The Kier molecular flexibility index (Phi) is 5.88. The number of hydrogen-bond acceptors (Lipinski definition) is 5. The molecule has 11 heteroatoms. The molecule has 22 heavy (non-hydrogen) atoms. The number of nitrogens with one attached hydrogen (secondary N) is 2. The highest BCUT2D eigenvalue weighted by molar-refractivity contribution is 7.89. The number of amides is 1. The number of nitro groups is 1. The van der Waals surface area contributed by atoms with E-state index < -0.39 is 40.4 Å². The Hall–Kier alpha value is -2.14. The van der Waals surface area contributed by atoms with E-state index in [1.165, 1.54) is 6.92 Å². The van der Waals surface area contributed by atoms with Crippen molar-refractivity contribution >= 4 is 21.6 Å². The number of rotatable bonds is 7. The lowest BCUT2D eigenvalue weighted by Crippen LogP contribution is -2.38. The van der Waals surface area contributed by atoms with E-state index in [0.717, 1.165) is 18.2 Å². The molecule has 122 valence electrons. The van der Waals surface area contributed by atoms with Gasteiger partial charge in [-0.1, -0.05) is 0 Å². The summed E-state index contributed by atoms with van der Waals surface area (Å²) in [4.78, 5) is 20.9. The van der Waals surface area contributed by atoms with Crippen molar-refractivity contribution in [2.45, 2.75) is 18.2 Å². The molecule has 2 N–H and O–H groups in total. The Labute approximate surface area is 124 Å². The van der Waals surface area contributed by atoms with Crippen LogP contribution >= 0.6 is 0 Å². The van der Waals surface area contributed by atoms with Crippen molar-refractivity contribution in [3.8, 4) is 0 Å². The van der Waals surface area contributed by atoms with Crippen molar-refractivity contribution in [1.29, 1.82) is 0 Å². The number of nitro benzene ring substituents is 1. The molecule has 0 bridgehead atoms. The molecule has 1 aromatic rings. The topological polar surface area (TPSA) is 118 Å². The summed E-state index contributed by atoms with van der Waals surface area (Å²) in [7, 11) is -4.09. The summed E-state index contributed by atoms with van der Waals surface area (Å²) in [5.74, 6) is -0.913. The summed E-state index contributed by atoms with van der Waals surface area (Å²) >= 11 is 0. The Morgan fingerprint density at radius 3 is 2.55 bits per heavy atom. The third kappa shape index (κ3) is 5.00. The Bertz CT molecular complexity index is 678. The first-order valence-corrected chi connectivity index (χ1v) is 7.41. The number of hydrogen-bond donors (Lipinski definition) is 2. The molecule has 0 fully saturated rings. The van der Waals surface area contributed by atoms with Crippen LogP contribution in [0, 0.1) is 17.0 Å². The molecule has 0 aliphatic carbocycles. The maximum atomic E-state index is 12.0. The zero-order valence-corrected chi connectivity index (χ0v) is 12.2. The van der Waals surface area contributed by atoms with Gasteiger partial charge < -0.3 is 5.32 Å². The normalized spacial score (nSPS) is 11.5. The van der Waals surface area contributed by atoms with E-state index >= 15 is 0 Å². The summed E-state index contributed by atoms with van der Waals surface area (Å²) < 4.78 is 49.6. The van der Waals surface area contributed by atoms with Crippen molar-refractivity contribution in [2.24, 2.45) is 0 Å². The first-order valence-electron chi connectivity index (χ1n) is 5.93. The van der Waals surface area contributed by atoms with Crippen LogP contribution in [0.25, 0.3) is 0 Å². The maximum Gasteiger partial charge on any atom is 0.269 e. The quantitative estimate of drug-likeness (QED) is 0.557. The lowest BCUT2D eigenvalue weighted by molar-refractivity contribution is -0.385. The number of non-ortho nitro benzene ring substituents is 1. The molecule has 1 amide bonds. The van der Waals surface area contributed by atoms with Gasteiger partial charge in [0.15, 0.2) is 0 Å². The van der Waals surface area contributed by atoms with E-state index in [1.54, 1.807) is 0 Å². The summed E-state index contributed by atoms with van der Waals surface area (Å²) in [6.45, 7) is -0.235. The van der Waals surface area contributed by atoms with Gasteiger partial charge in [0.05, 0.1) is 22.9 Å². The molecule has 0 aromatic heterocycles. The van der Waals surface area contributed by atoms with Crippen LogP contribution in [0.3, 0.4) is 0 Å². The van der Waals surface area contributed by atoms with Crippen molar-refractivity contribution < 1.29 is 26.9 Å². The molecule has 1 aromatic carbocycles. The van der Waals surface area contributed by atoms with Crippen LogP contribution in [0.2, 0.25) is 0 Å². The summed E-state index contributed by atoms with van der Waals surface area (Å²) in [6.07, 6.45) is -2.74. The van der Waals surface area contributed by atoms with Crippen LogP contribution < -0.4 is 10.0 Å². The second-order valence-electron chi connectivity index (χ2n) is 4.23. The van der Waals surface area contributed by atoms with E-state index in [2.05, 4.69) is 0 Å². The van der Waals surface area contributed by atoms with Gasteiger partial charge in [-0.05, 0) is 18.6 Å². The van der Waals surface area contributed by atoms with Crippen LogP contribution in [0.5, 0.6) is 0 Å². The molecule has 1 rings (SSSR count). The van der Waals surface area contributed by atoms with Gasteiger partial charge in [0.25, 0.3) is 12.1 Å². The minimum atomic E-state index is -4.09. The van der Waals surface area contributed by atoms with Crippen LogP contribution in [0.4, 0.5) is 14.5 Å². The number of benzene rings is 1. The molecule has 0 saturated heterocycles. The van der Waals surface area contributed by atoms with E-state index in [-0.39, 0.29) is 16.1 Å². The molecule has 0 unspecified atom stereocenters. The highest BCUT2D eigenvalue weighted by Gasteiger charge is 2.20. The first-order chi connectivity index (χ1) is 10.1. The van der Waals surface area contributed by atoms with Crippen molar-refractivity contribution in [2.75, 3.05) is 13.1 Å². The molecule has 0 aliphatic rings. The minimum absolute atomic E-state index is 0.120. The highest BCUT2D eigenvalue weighted by atomic mass is 32.2. The predicted octanol–water partition coefficient (Wildman–Crippen LogP) is 0.563. The number of carbonyl (C=O) groups excluding carboxylic acids is 1.